The van der Waals surface area contributed by atoms with Crippen molar-refractivity contribution >= 4 is 21.8 Å². The summed E-state index contributed by atoms with van der Waals surface area (Å²) in [5, 5.41) is 3.26. The van der Waals surface area contributed by atoms with Crippen molar-refractivity contribution in [3.8, 4) is 0 Å². The molecule has 1 rings (SSSR count). The molecule has 21 heavy (non-hydrogen) atoms. The molecule has 0 saturated heterocycles. The molecule has 0 saturated carbocycles. The topological polar surface area (TPSA) is 65.2 Å². The van der Waals surface area contributed by atoms with E-state index < -0.39 is 10.0 Å². The minimum Gasteiger partial charge on any atom is -0.363 e. The maximum atomic E-state index is 12.6. The molecular formula is C14H27N3O2S2. The van der Waals surface area contributed by atoms with Crippen molar-refractivity contribution in [2.75, 3.05) is 19.1 Å². The van der Waals surface area contributed by atoms with Crippen LogP contribution in [-0.2, 0) is 16.6 Å². The lowest BCUT2D eigenvalue weighted by molar-refractivity contribution is 0.382. The molecule has 1 atom stereocenters. The molecule has 1 aromatic heterocycles. The summed E-state index contributed by atoms with van der Waals surface area (Å²) in [6.07, 6.45) is 4.45. The summed E-state index contributed by atoms with van der Waals surface area (Å²) < 4.78 is 26.6. The van der Waals surface area contributed by atoms with Crippen LogP contribution in [0.3, 0.4) is 0 Å². The fraction of sp³-hybridized carbons (Fsp3) is 0.714. The van der Waals surface area contributed by atoms with Gasteiger partial charge in [0.05, 0.1) is 4.90 Å². The first-order chi connectivity index (χ1) is 9.78. The van der Waals surface area contributed by atoms with E-state index in [2.05, 4.69) is 24.1 Å². The second-order valence-corrected chi connectivity index (χ2v) is 8.53. The molecule has 1 unspecified atom stereocenters. The highest BCUT2D eigenvalue weighted by atomic mass is 32.2. The molecule has 0 spiro atoms. The maximum absolute atomic E-state index is 12.6. The molecule has 1 heterocycles. The van der Waals surface area contributed by atoms with Gasteiger partial charge in [-0.3, -0.25) is 0 Å². The van der Waals surface area contributed by atoms with E-state index in [9.17, 15) is 8.42 Å². The number of aromatic nitrogens is 1. The summed E-state index contributed by atoms with van der Waals surface area (Å²) in [5.41, 5.74) is 0.882. The number of aromatic amines is 1. The summed E-state index contributed by atoms with van der Waals surface area (Å²) >= 11 is 1.73. The molecule has 0 fully saturated rings. The zero-order valence-electron chi connectivity index (χ0n) is 13.5. The van der Waals surface area contributed by atoms with Gasteiger partial charge in [-0.25, -0.2) is 8.42 Å². The van der Waals surface area contributed by atoms with Crippen LogP contribution in [0.4, 0.5) is 0 Å². The lowest BCUT2D eigenvalue weighted by Crippen LogP contribution is -2.35. The number of sulfonamides is 1. The third kappa shape index (κ3) is 5.32. The largest absolute Gasteiger partial charge is 0.363 e. The zero-order valence-corrected chi connectivity index (χ0v) is 15.1. The van der Waals surface area contributed by atoms with Gasteiger partial charge in [-0.05, 0) is 31.4 Å². The standard InChI is InChI=1S/C14H27N3O2S2/c1-11(2)15-9-13-8-14(10-16-13)21(18,19)17(4)12(3)6-7-20-5/h8,10-12,15-16H,6-7,9H2,1-5H3. The summed E-state index contributed by atoms with van der Waals surface area (Å²) in [7, 11) is -1.77. The van der Waals surface area contributed by atoms with E-state index in [0.717, 1.165) is 17.9 Å². The van der Waals surface area contributed by atoms with E-state index in [0.29, 0.717) is 17.5 Å². The first-order valence-electron chi connectivity index (χ1n) is 7.16. The number of nitrogens with one attached hydrogen (secondary N) is 2. The van der Waals surface area contributed by atoms with E-state index in [-0.39, 0.29) is 6.04 Å². The fourth-order valence-corrected chi connectivity index (χ4v) is 3.84. The molecule has 0 bridgehead atoms. The van der Waals surface area contributed by atoms with Crippen LogP contribution >= 0.6 is 11.8 Å². The first kappa shape index (κ1) is 18.5. The average molecular weight is 334 g/mol. The molecule has 0 aliphatic carbocycles. The average Bonchev–Trinajstić information content (AvgIpc) is 2.91. The van der Waals surface area contributed by atoms with Crippen LogP contribution in [0.2, 0.25) is 0 Å². The summed E-state index contributed by atoms with van der Waals surface area (Å²) in [5.74, 6) is 0.956. The SMILES string of the molecule is CSCCC(C)N(C)S(=O)(=O)c1c[nH]c(CNC(C)C)c1. The molecule has 0 aliphatic heterocycles. The Balaban J connectivity index is 2.78. The van der Waals surface area contributed by atoms with Gasteiger partial charge in [0.1, 0.15) is 0 Å². The zero-order chi connectivity index (χ0) is 16.0. The Morgan fingerprint density at radius 1 is 1.38 bits per heavy atom. The minimum atomic E-state index is -3.42. The van der Waals surface area contributed by atoms with Gasteiger partial charge in [0, 0.05) is 37.6 Å². The van der Waals surface area contributed by atoms with E-state index >= 15 is 0 Å². The lowest BCUT2D eigenvalue weighted by Gasteiger charge is -2.23. The van der Waals surface area contributed by atoms with Crippen molar-refractivity contribution in [3.05, 3.63) is 18.0 Å². The van der Waals surface area contributed by atoms with E-state index in [1.54, 1.807) is 31.1 Å². The predicted octanol–water partition coefficient (Wildman–Crippen LogP) is 2.27. The normalized spacial score (nSPS) is 14.0. The van der Waals surface area contributed by atoms with Gasteiger partial charge in [-0.2, -0.15) is 16.1 Å². The lowest BCUT2D eigenvalue weighted by atomic mass is 10.3. The van der Waals surface area contributed by atoms with Gasteiger partial charge >= 0.3 is 0 Å². The smallest absolute Gasteiger partial charge is 0.244 e. The molecule has 0 radical (unpaired) electrons. The van der Waals surface area contributed by atoms with Gasteiger partial charge < -0.3 is 10.3 Å². The third-order valence-corrected chi connectivity index (χ3v) is 6.05. The molecule has 0 aromatic carbocycles. The molecule has 1 aromatic rings. The number of thioether (sulfide) groups is 1. The molecule has 2 N–H and O–H groups in total. The van der Waals surface area contributed by atoms with Crippen LogP contribution in [0, 0.1) is 0 Å². The van der Waals surface area contributed by atoms with Crippen molar-refractivity contribution in [3.63, 3.8) is 0 Å². The Kier molecular flexibility index (Phi) is 7.26. The monoisotopic (exact) mass is 333 g/mol. The molecular weight excluding hydrogens is 306 g/mol. The Morgan fingerprint density at radius 3 is 2.62 bits per heavy atom. The summed E-state index contributed by atoms with van der Waals surface area (Å²) in [6.45, 7) is 6.70. The van der Waals surface area contributed by atoms with Crippen LogP contribution in [0.1, 0.15) is 32.9 Å². The highest BCUT2D eigenvalue weighted by Gasteiger charge is 2.26. The van der Waals surface area contributed by atoms with Crippen molar-refractivity contribution in [2.45, 2.75) is 50.7 Å². The minimum absolute atomic E-state index is 0.00501. The van der Waals surface area contributed by atoms with Gasteiger partial charge in [-0.1, -0.05) is 13.8 Å². The second-order valence-electron chi connectivity index (χ2n) is 5.55. The van der Waals surface area contributed by atoms with Crippen LogP contribution in [0.15, 0.2) is 17.2 Å². The molecule has 122 valence electrons. The van der Waals surface area contributed by atoms with Crippen molar-refractivity contribution in [2.24, 2.45) is 0 Å². The third-order valence-electron chi connectivity index (χ3n) is 3.45. The first-order valence-corrected chi connectivity index (χ1v) is 10.00. The fourth-order valence-electron chi connectivity index (χ4n) is 1.86. The predicted molar refractivity (Wildman–Crippen MR) is 90.2 cm³/mol. The Morgan fingerprint density at radius 2 is 2.05 bits per heavy atom. The van der Waals surface area contributed by atoms with E-state index in [1.165, 1.54) is 4.31 Å². The highest BCUT2D eigenvalue weighted by molar-refractivity contribution is 7.98. The van der Waals surface area contributed by atoms with E-state index in [1.807, 2.05) is 13.2 Å². The van der Waals surface area contributed by atoms with Crippen LogP contribution in [-0.4, -0.2) is 48.8 Å². The van der Waals surface area contributed by atoms with E-state index in [4.69, 9.17) is 0 Å². The van der Waals surface area contributed by atoms with Crippen LogP contribution < -0.4 is 5.32 Å². The number of rotatable bonds is 9. The molecule has 7 heteroatoms. The number of hydrogen-bond acceptors (Lipinski definition) is 4. The Bertz CT molecular complexity index is 526. The quantitative estimate of drug-likeness (QED) is 0.728. The summed E-state index contributed by atoms with van der Waals surface area (Å²) in [4.78, 5) is 3.37. The number of nitrogens with zero attached hydrogens (tertiary/aromatic N) is 1. The van der Waals surface area contributed by atoms with Crippen LogP contribution in [0.5, 0.6) is 0 Å². The number of hydrogen-bond donors (Lipinski definition) is 2. The highest BCUT2D eigenvalue weighted by Crippen LogP contribution is 2.19. The molecule has 0 aliphatic rings. The van der Waals surface area contributed by atoms with Gasteiger partial charge in [-0.15, -0.1) is 0 Å². The van der Waals surface area contributed by atoms with Crippen molar-refractivity contribution in [1.29, 1.82) is 0 Å². The summed E-state index contributed by atoms with van der Waals surface area (Å²) in [6, 6.07) is 2.07. The van der Waals surface area contributed by atoms with Crippen LogP contribution in [0.25, 0.3) is 0 Å². The Hall–Kier alpha value is -0.500. The van der Waals surface area contributed by atoms with Gasteiger partial charge in [0.2, 0.25) is 10.0 Å². The van der Waals surface area contributed by atoms with Crippen molar-refractivity contribution < 1.29 is 8.42 Å². The molecule has 0 amide bonds. The maximum Gasteiger partial charge on any atom is 0.244 e. The Labute approximate surface area is 132 Å². The molecule has 5 nitrogen and oxygen atoms in total. The van der Waals surface area contributed by atoms with Gasteiger partial charge in [0.15, 0.2) is 0 Å². The van der Waals surface area contributed by atoms with Gasteiger partial charge in [0.25, 0.3) is 0 Å². The number of H-pyrrole nitrogens is 1. The second kappa shape index (κ2) is 8.22. The van der Waals surface area contributed by atoms with Crippen molar-refractivity contribution in [1.82, 2.24) is 14.6 Å².